The minimum Gasteiger partial charge on any atom is -0.287 e. The summed E-state index contributed by atoms with van der Waals surface area (Å²) in [6.07, 6.45) is 1.91. The number of amides is 1. The van der Waals surface area contributed by atoms with Crippen LogP contribution < -0.4 is 10.5 Å². The maximum Gasteiger partial charge on any atom is 0.262 e. The number of hydrogen-bond donors (Lipinski definition) is 0. The zero-order valence-electron chi connectivity index (χ0n) is 18.9. The molecule has 2 aromatic heterocycles. The molecule has 0 aliphatic rings. The van der Waals surface area contributed by atoms with Crippen molar-refractivity contribution in [1.29, 1.82) is 0 Å². The smallest absolute Gasteiger partial charge is 0.262 e. The van der Waals surface area contributed by atoms with Crippen molar-refractivity contribution in [1.82, 2.24) is 14.5 Å². The number of para-hydroxylation sites is 1. The fourth-order valence-electron chi connectivity index (χ4n) is 3.57. The molecule has 4 rings (SSSR count). The van der Waals surface area contributed by atoms with Gasteiger partial charge in [0.25, 0.3) is 5.56 Å². The van der Waals surface area contributed by atoms with Crippen LogP contribution in [0.5, 0.6) is 0 Å². The summed E-state index contributed by atoms with van der Waals surface area (Å²) in [6.45, 7) is 6.30. The molecule has 0 unspecified atom stereocenters. The van der Waals surface area contributed by atoms with Gasteiger partial charge in [0.15, 0.2) is 10.3 Å². The molecule has 0 fully saturated rings. The molecule has 2 aromatic carbocycles. The van der Waals surface area contributed by atoms with Crippen molar-refractivity contribution in [3.05, 3.63) is 75.5 Å². The molecule has 0 atom stereocenters. The molecule has 0 saturated heterocycles. The molecule has 0 N–H and O–H groups in total. The van der Waals surface area contributed by atoms with Crippen molar-refractivity contribution in [2.24, 2.45) is 0 Å². The average Bonchev–Trinajstić information content (AvgIpc) is 3.25. The molecule has 8 heteroatoms. The van der Waals surface area contributed by atoms with Crippen LogP contribution in [0.1, 0.15) is 37.9 Å². The molecule has 0 aliphatic carbocycles. The molecule has 0 aliphatic heterocycles. The maximum atomic E-state index is 13.1. The SMILES string of the molecule is CCCCn1c(SCc2csc(N(C(C)=O)c3cccc(C)c3)n2)nc2ccccc2c1=O. The lowest BCUT2D eigenvalue weighted by molar-refractivity contribution is -0.115. The van der Waals surface area contributed by atoms with E-state index in [1.54, 1.807) is 16.4 Å². The number of thiazole rings is 1. The number of carbonyl (C=O) groups is 1. The van der Waals surface area contributed by atoms with Gasteiger partial charge in [-0.1, -0.05) is 49.4 Å². The molecular weight excluding hydrogens is 452 g/mol. The maximum absolute atomic E-state index is 13.1. The first-order valence-corrected chi connectivity index (χ1v) is 12.8. The van der Waals surface area contributed by atoms with Gasteiger partial charge in [-0.05, 0) is 43.2 Å². The van der Waals surface area contributed by atoms with E-state index in [9.17, 15) is 9.59 Å². The van der Waals surface area contributed by atoms with Crippen LogP contribution >= 0.6 is 23.1 Å². The van der Waals surface area contributed by atoms with Crippen LogP contribution in [0.2, 0.25) is 0 Å². The van der Waals surface area contributed by atoms with Crippen molar-refractivity contribution in [3.8, 4) is 0 Å². The number of thioether (sulfide) groups is 1. The van der Waals surface area contributed by atoms with Crippen LogP contribution in [0.25, 0.3) is 10.9 Å². The number of aryl methyl sites for hydroxylation is 1. The van der Waals surface area contributed by atoms with Crippen LogP contribution in [0.15, 0.2) is 63.9 Å². The largest absolute Gasteiger partial charge is 0.287 e. The zero-order valence-corrected chi connectivity index (χ0v) is 20.6. The highest BCUT2D eigenvalue weighted by Gasteiger charge is 2.19. The summed E-state index contributed by atoms with van der Waals surface area (Å²) in [5.74, 6) is 0.478. The molecular formula is C25H26N4O2S2. The number of rotatable bonds is 8. The third-order valence-electron chi connectivity index (χ3n) is 5.22. The molecule has 4 aromatic rings. The van der Waals surface area contributed by atoms with Crippen LogP contribution in [0.4, 0.5) is 10.8 Å². The van der Waals surface area contributed by atoms with Crippen molar-refractivity contribution >= 4 is 50.7 Å². The van der Waals surface area contributed by atoms with E-state index < -0.39 is 0 Å². The van der Waals surface area contributed by atoms with Gasteiger partial charge in [-0.25, -0.2) is 9.97 Å². The second-order valence-electron chi connectivity index (χ2n) is 7.83. The lowest BCUT2D eigenvalue weighted by atomic mass is 10.2. The molecule has 0 spiro atoms. The number of nitrogens with zero attached hydrogens (tertiary/aromatic N) is 4. The quantitative estimate of drug-likeness (QED) is 0.232. The van der Waals surface area contributed by atoms with Gasteiger partial charge in [0.1, 0.15) is 0 Å². The van der Waals surface area contributed by atoms with Crippen molar-refractivity contribution < 1.29 is 4.79 Å². The van der Waals surface area contributed by atoms with Gasteiger partial charge < -0.3 is 0 Å². The summed E-state index contributed by atoms with van der Waals surface area (Å²) in [6, 6.07) is 15.3. The van der Waals surface area contributed by atoms with Gasteiger partial charge in [-0.2, -0.15) is 0 Å². The number of unbranched alkanes of at least 4 members (excludes halogenated alkanes) is 1. The van der Waals surface area contributed by atoms with Gasteiger partial charge >= 0.3 is 0 Å². The molecule has 2 heterocycles. The van der Waals surface area contributed by atoms with E-state index in [1.807, 2.05) is 60.8 Å². The Hall–Kier alpha value is -2.97. The Morgan fingerprint density at radius 3 is 2.73 bits per heavy atom. The van der Waals surface area contributed by atoms with Crippen molar-refractivity contribution in [2.45, 2.75) is 51.1 Å². The van der Waals surface area contributed by atoms with E-state index in [2.05, 4.69) is 6.92 Å². The molecule has 0 bridgehead atoms. The number of benzene rings is 2. The minimum absolute atomic E-state index is 0.00211. The summed E-state index contributed by atoms with van der Waals surface area (Å²) >= 11 is 2.94. The number of aromatic nitrogens is 3. The molecule has 0 saturated carbocycles. The topological polar surface area (TPSA) is 68.1 Å². The second kappa shape index (κ2) is 10.3. The van der Waals surface area contributed by atoms with Gasteiger partial charge in [-0.15, -0.1) is 11.3 Å². The predicted octanol–water partition coefficient (Wildman–Crippen LogP) is 5.94. The fraction of sp³-hybridized carbons (Fsp3) is 0.280. The average molecular weight is 479 g/mol. The molecule has 6 nitrogen and oxygen atoms in total. The minimum atomic E-state index is -0.0845. The number of fused-ring (bicyclic) bond motifs is 1. The first-order chi connectivity index (χ1) is 16.0. The first kappa shape index (κ1) is 23.2. The molecule has 170 valence electrons. The van der Waals surface area contributed by atoms with E-state index in [1.165, 1.54) is 23.1 Å². The van der Waals surface area contributed by atoms with E-state index in [0.29, 0.717) is 33.5 Å². The van der Waals surface area contributed by atoms with Gasteiger partial charge in [0.2, 0.25) is 5.91 Å². The summed E-state index contributed by atoms with van der Waals surface area (Å²) in [5.41, 5.74) is 3.44. The number of carbonyl (C=O) groups excluding carboxylic acids is 1. The van der Waals surface area contributed by atoms with Crippen LogP contribution in [-0.4, -0.2) is 20.4 Å². The Labute approximate surface area is 201 Å². The Morgan fingerprint density at radius 1 is 1.15 bits per heavy atom. The van der Waals surface area contributed by atoms with E-state index in [-0.39, 0.29) is 11.5 Å². The van der Waals surface area contributed by atoms with E-state index in [0.717, 1.165) is 29.8 Å². The lowest BCUT2D eigenvalue weighted by Gasteiger charge is -2.18. The van der Waals surface area contributed by atoms with Crippen LogP contribution in [0.3, 0.4) is 0 Å². The van der Waals surface area contributed by atoms with Crippen LogP contribution in [0, 0.1) is 6.92 Å². The summed E-state index contributed by atoms with van der Waals surface area (Å²) in [7, 11) is 0. The standard InChI is InChI=1S/C25H26N4O2S2/c1-4-5-13-28-23(31)21-11-6-7-12-22(21)27-24(28)32-15-19-16-33-25(26-19)29(18(3)30)20-10-8-9-17(2)14-20/h6-12,14,16H,4-5,13,15H2,1-3H3. The highest BCUT2D eigenvalue weighted by molar-refractivity contribution is 7.98. The Morgan fingerprint density at radius 2 is 1.97 bits per heavy atom. The normalized spacial score (nSPS) is 11.1. The van der Waals surface area contributed by atoms with Crippen molar-refractivity contribution in [3.63, 3.8) is 0 Å². The van der Waals surface area contributed by atoms with Gasteiger partial charge in [0.05, 0.1) is 22.3 Å². The summed E-state index contributed by atoms with van der Waals surface area (Å²) < 4.78 is 1.78. The number of anilines is 2. The Balaban J connectivity index is 1.60. The molecule has 33 heavy (non-hydrogen) atoms. The third kappa shape index (κ3) is 5.17. The summed E-state index contributed by atoms with van der Waals surface area (Å²) in [5, 5.41) is 3.94. The Bertz CT molecular complexity index is 1350. The van der Waals surface area contributed by atoms with Gasteiger partial charge in [-0.3, -0.25) is 19.1 Å². The first-order valence-electron chi connectivity index (χ1n) is 10.9. The molecule has 0 radical (unpaired) electrons. The second-order valence-corrected chi connectivity index (χ2v) is 9.60. The van der Waals surface area contributed by atoms with E-state index in [4.69, 9.17) is 9.97 Å². The Kier molecular flexibility index (Phi) is 7.25. The van der Waals surface area contributed by atoms with E-state index >= 15 is 0 Å². The van der Waals surface area contributed by atoms with Crippen LogP contribution in [-0.2, 0) is 17.1 Å². The predicted molar refractivity (Wildman–Crippen MR) is 137 cm³/mol. The number of hydrogen-bond acceptors (Lipinski definition) is 6. The molecule has 1 amide bonds. The lowest BCUT2D eigenvalue weighted by Crippen LogP contribution is -2.23. The summed E-state index contributed by atoms with van der Waals surface area (Å²) in [4.78, 5) is 36.6. The van der Waals surface area contributed by atoms with Gasteiger partial charge in [0, 0.05) is 24.6 Å². The monoisotopic (exact) mass is 478 g/mol. The third-order valence-corrected chi connectivity index (χ3v) is 7.10. The highest BCUT2D eigenvalue weighted by atomic mass is 32.2. The highest BCUT2D eigenvalue weighted by Crippen LogP contribution is 2.31. The van der Waals surface area contributed by atoms with Crippen molar-refractivity contribution in [2.75, 3.05) is 4.90 Å². The fourth-order valence-corrected chi connectivity index (χ4v) is 5.48. The zero-order chi connectivity index (χ0) is 23.4.